The van der Waals surface area contributed by atoms with Crippen LogP contribution in [0.25, 0.3) is 0 Å². The Morgan fingerprint density at radius 2 is 1.68 bits per heavy atom. The molecule has 1 amide bonds. The Balaban J connectivity index is 2.66. The van der Waals surface area contributed by atoms with Crippen LogP contribution in [0.15, 0.2) is 30.3 Å². The molecular weight excluding hydrogens is 236 g/mol. The number of rotatable bonds is 7. The molecule has 3 nitrogen and oxygen atoms in total. The summed E-state index contributed by atoms with van der Waals surface area (Å²) in [6.07, 6.45) is 0. The minimum absolute atomic E-state index is 0.217. The van der Waals surface area contributed by atoms with Crippen molar-refractivity contribution in [3.05, 3.63) is 35.9 Å². The predicted octanol–water partition coefficient (Wildman–Crippen LogP) is 2.77. The smallest absolute Gasteiger partial charge is 0.236 e. The Hall–Kier alpha value is -1.35. The van der Waals surface area contributed by atoms with Crippen LogP contribution >= 0.6 is 0 Å². The standard InChI is InChI=1S/C16H26N2O/c1-5-17(6-2)16(19)13-18(14(3)4)12-15-10-8-7-9-11-15/h7-11,14H,5-6,12-13H2,1-4H3. The lowest BCUT2D eigenvalue weighted by atomic mass is 10.2. The minimum atomic E-state index is 0.217. The van der Waals surface area contributed by atoms with E-state index in [9.17, 15) is 4.79 Å². The van der Waals surface area contributed by atoms with Crippen LogP contribution in [-0.4, -0.2) is 41.4 Å². The zero-order chi connectivity index (χ0) is 14.3. The first-order valence-electron chi connectivity index (χ1n) is 7.14. The van der Waals surface area contributed by atoms with E-state index in [2.05, 4.69) is 30.9 Å². The number of carbonyl (C=O) groups excluding carboxylic acids is 1. The summed E-state index contributed by atoms with van der Waals surface area (Å²) in [5.74, 6) is 0.217. The largest absolute Gasteiger partial charge is 0.342 e. The van der Waals surface area contributed by atoms with Gasteiger partial charge in [0.15, 0.2) is 0 Å². The van der Waals surface area contributed by atoms with Crippen molar-refractivity contribution >= 4 is 5.91 Å². The summed E-state index contributed by atoms with van der Waals surface area (Å²) in [5.41, 5.74) is 1.25. The van der Waals surface area contributed by atoms with Crippen LogP contribution in [0.3, 0.4) is 0 Å². The topological polar surface area (TPSA) is 23.6 Å². The molecular formula is C16H26N2O. The molecule has 0 aliphatic heterocycles. The van der Waals surface area contributed by atoms with Crippen molar-refractivity contribution in [2.24, 2.45) is 0 Å². The van der Waals surface area contributed by atoms with Gasteiger partial charge in [-0.15, -0.1) is 0 Å². The molecule has 0 saturated heterocycles. The maximum atomic E-state index is 12.2. The molecule has 0 unspecified atom stereocenters. The van der Waals surface area contributed by atoms with Gasteiger partial charge in [0.05, 0.1) is 6.54 Å². The fraction of sp³-hybridized carbons (Fsp3) is 0.562. The van der Waals surface area contributed by atoms with Crippen LogP contribution in [0, 0.1) is 0 Å². The SMILES string of the molecule is CCN(CC)C(=O)CN(Cc1ccccc1)C(C)C. The van der Waals surface area contributed by atoms with Crippen LogP contribution in [0.4, 0.5) is 0 Å². The molecule has 3 heteroatoms. The Kier molecular flexibility index (Phi) is 6.57. The number of nitrogens with zero attached hydrogens (tertiary/aromatic N) is 2. The van der Waals surface area contributed by atoms with Gasteiger partial charge >= 0.3 is 0 Å². The maximum Gasteiger partial charge on any atom is 0.236 e. The molecule has 1 aromatic carbocycles. The lowest BCUT2D eigenvalue weighted by Gasteiger charge is -2.29. The quantitative estimate of drug-likeness (QED) is 0.754. The lowest BCUT2D eigenvalue weighted by Crippen LogP contribution is -2.42. The Morgan fingerprint density at radius 3 is 2.16 bits per heavy atom. The van der Waals surface area contributed by atoms with Gasteiger partial charge in [0.25, 0.3) is 0 Å². The zero-order valence-corrected chi connectivity index (χ0v) is 12.6. The van der Waals surface area contributed by atoms with Crippen molar-refractivity contribution in [3.8, 4) is 0 Å². The second kappa shape index (κ2) is 7.95. The van der Waals surface area contributed by atoms with E-state index in [4.69, 9.17) is 0 Å². The second-order valence-electron chi connectivity index (χ2n) is 5.05. The molecule has 19 heavy (non-hydrogen) atoms. The van der Waals surface area contributed by atoms with Crippen molar-refractivity contribution in [2.75, 3.05) is 19.6 Å². The van der Waals surface area contributed by atoms with Crippen molar-refractivity contribution in [2.45, 2.75) is 40.3 Å². The van der Waals surface area contributed by atoms with Crippen molar-refractivity contribution in [1.82, 2.24) is 9.80 Å². The number of carbonyl (C=O) groups is 1. The van der Waals surface area contributed by atoms with Gasteiger partial charge in [0, 0.05) is 25.7 Å². The zero-order valence-electron chi connectivity index (χ0n) is 12.6. The van der Waals surface area contributed by atoms with Gasteiger partial charge in [-0.3, -0.25) is 9.69 Å². The molecule has 0 fully saturated rings. The average Bonchev–Trinajstić information content (AvgIpc) is 2.40. The third kappa shape index (κ3) is 5.03. The predicted molar refractivity (Wildman–Crippen MR) is 79.9 cm³/mol. The van der Waals surface area contributed by atoms with Crippen LogP contribution in [0.2, 0.25) is 0 Å². The molecule has 0 aliphatic carbocycles. The molecule has 0 N–H and O–H groups in total. The van der Waals surface area contributed by atoms with Crippen LogP contribution in [0.5, 0.6) is 0 Å². The minimum Gasteiger partial charge on any atom is -0.342 e. The van der Waals surface area contributed by atoms with E-state index in [1.54, 1.807) is 0 Å². The molecule has 0 bridgehead atoms. The fourth-order valence-corrected chi connectivity index (χ4v) is 2.09. The molecule has 0 aliphatic rings. The van der Waals surface area contributed by atoms with E-state index in [1.807, 2.05) is 36.9 Å². The summed E-state index contributed by atoms with van der Waals surface area (Å²) in [4.78, 5) is 16.3. The number of amides is 1. The Labute approximate surface area is 117 Å². The van der Waals surface area contributed by atoms with E-state index in [0.29, 0.717) is 12.6 Å². The molecule has 0 spiro atoms. The van der Waals surface area contributed by atoms with E-state index >= 15 is 0 Å². The van der Waals surface area contributed by atoms with E-state index in [-0.39, 0.29) is 5.91 Å². The van der Waals surface area contributed by atoms with Crippen molar-refractivity contribution in [1.29, 1.82) is 0 Å². The summed E-state index contributed by atoms with van der Waals surface area (Å²) in [6.45, 7) is 11.2. The van der Waals surface area contributed by atoms with Crippen LogP contribution in [-0.2, 0) is 11.3 Å². The number of hydrogen-bond acceptors (Lipinski definition) is 2. The van der Waals surface area contributed by atoms with E-state index < -0.39 is 0 Å². The average molecular weight is 262 g/mol. The maximum absolute atomic E-state index is 12.2. The number of benzene rings is 1. The van der Waals surface area contributed by atoms with Crippen LogP contribution < -0.4 is 0 Å². The van der Waals surface area contributed by atoms with Crippen molar-refractivity contribution in [3.63, 3.8) is 0 Å². The van der Waals surface area contributed by atoms with Gasteiger partial charge < -0.3 is 4.90 Å². The monoisotopic (exact) mass is 262 g/mol. The first kappa shape index (κ1) is 15.7. The fourth-order valence-electron chi connectivity index (χ4n) is 2.09. The lowest BCUT2D eigenvalue weighted by molar-refractivity contribution is -0.132. The normalized spacial score (nSPS) is 11.1. The molecule has 106 valence electrons. The number of hydrogen-bond donors (Lipinski definition) is 0. The Morgan fingerprint density at radius 1 is 1.11 bits per heavy atom. The van der Waals surface area contributed by atoms with Gasteiger partial charge in [-0.25, -0.2) is 0 Å². The summed E-state index contributed by atoms with van der Waals surface area (Å²) in [7, 11) is 0. The number of likely N-dealkylation sites (N-methyl/N-ethyl adjacent to an activating group) is 1. The molecule has 1 aromatic rings. The highest BCUT2D eigenvalue weighted by Crippen LogP contribution is 2.08. The molecule has 0 heterocycles. The molecule has 1 rings (SSSR count). The Bertz CT molecular complexity index is 372. The first-order valence-corrected chi connectivity index (χ1v) is 7.14. The summed E-state index contributed by atoms with van der Waals surface area (Å²) >= 11 is 0. The third-order valence-electron chi connectivity index (χ3n) is 3.41. The highest BCUT2D eigenvalue weighted by Gasteiger charge is 2.17. The van der Waals surface area contributed by atoms with Gasteiger partial charge in [-0.2, -0.15) is 0 Å². The van der Waals surface area contributed by atoms with Crippen molar-refractivity contribution < 1.29 is 4.79 Å². The van der Waals surface area contributed by atoms with E-state index in [0.717, 1.165) is 19.6 Å². The van der Waals surface area contributed by atoms with Crippen LogP contribution in [0.1, 0.15) is 33.3 Å². The highest BCUT2D eigenvalue weighted by atomic mass is 16.2. The summed E-state index contributed by atoms with van der Waals surface area (Å²) < 4.78 is 0. The van der Waals surface area contributed by atoms with Gasteiger partial charge in [0.1, 0.15) is 0 Å². The van der Waals surface area contributed by atoms with Gasteiger partial charge in [-0.05, 0) is 33.3 Å². The van der Waals surface area contributed by atoms with Gasteiger partial charge in [0.2, 0.25) is 5.91 Å². The highest BCUT2D eigenvalue weighted by molar-refractivity contribution is 5.78. The molecule has 0 radical (unpaired) electrons. The third-order valence-corrected chi connectivity index (χ3v) is 3.41. The first-order chi connectivity index (χ1) is 9.08. The van der Waals surface area contributed by atoms with E-state index in [1.165, 1.54) is 5.56 Å². The molecule has 0 saturated carbocycles. The molecule has 0 aromatic heterocycles. The second-order valence-corrected chi connectivity index (χ2v) is 5.05. The van der Waals surface area contributed by atoms with Gasteiger partial charge in [-0.1, -0.05) is 30.3 Å². The summed E-state index contributed by atoms with van der Waals surface area (Å²) in [5, 5.41) is 0. The molecule has 0 atom stereocenters. The summed E-state index contributed by atoms with van der Waals surface area (Å²) in [6, 6.07) is 10.7.